The summed E-state index contributed by atoms with van der Waals surface area (Å²) < 4.78 is 36.9. The molecule has 0 aliphatic carbocycles. The Balaban J connectivity index is 2.06. The number of sulfone groups is 1. The van der Waals surface area contributed by atoms with E-state index in [0.29, 0.717) is 31.2 Å². The molecule has 1 aliphatic rings. The summed E-state index contributed by atoms with van der Waals surface area (Å²) in [5.41, 5.74) is 0.549. The third kappa shape index (κ3) is 3.40. The van der Waals surface area contributed by atoms with Gasteiger partial charge in [-0.05, 0) is 19.9 Å². The molecular weight excluding hydrogens is 305 g/mol. The Labute approximate surface area is 131 Å². The van der Waals surface area contributed by atoms with Crippen LogP contribution in [0.1, 0.15) is 19.4 Å². The Morgan fingerprint density at radius 2 is 2.09 bits per heavy atom. The fraction of sp³-hybridized carbons (Fsp3) is 0.533. The number of halogens is 1. The Morgan fingerprint density at radius 1 is 1.41 bits per heavy atom. The lowest BCUT2D eigenvalue weighted by molar-refractivity contribution is 0.353. The summed E-state index contributed by atoms with van der Waals surface area (Å²) in [7, 11) is -1.46. The second-order valence-corrected chi connectivity index (χ2v) is 8.74. The molecule has 2 rings (SSSR count). The number of aliphatic imine (C=N–C) groups is 1. The first-order valence-corrected chi connectivity index (χ1v) is 8.83. The van der Waals surface area contributed by atoms with Gasteiger partial charge in [0, 0.05) is 32.2 Å². The molecule has 5 nitrogen and oxygen atoms in total. The molecule has 0 aromatic heterocycles. The molecule has 22 heavy (non-hydrogen) atoms. The summed E-state index contributed by atoms with van der Waals surface area (Å²) in [6.45, 7) is 4.51. The molecule has 1 heterocycles. The van der Waals surface area contributed by atoms with Crippen molar-refractivity contribution in [2.24, 2.45) is 4.99 Å². The maximum absolute atomic E-state index is 13.6. The highest BCUT2D eigenvalue weighted by Crippen LogP contribution is 2.23. The molecule has 0 saturated carbocycles. The zero-order chi connectivity index (χ0) is 16.4. The van der Waals surface area contributed by atoms with E-state index in [2.05, 4.69) is 10.3 Å². The molecule has 1 N–H and O–H groups in total. The summed E-state index contributed by atoms with van der Waals surface area (Å²) in [6, 6.07) is 6.54. The monoisotopic (exact) mass is 327 g/mol. The van der Waals surface area contributed by atoms with Gasteiger partial charge in [-0.3, -0.25) is 4.99 Å². The zero-order valence-electron chi connectivity index (χ0n) is 13.1. The molecule has 122 valence electrons. The quantitative estimate of drug-likeness (QED) is 0.659. The lowest BCUT2D eigenvalue weighted by Gasteiger charge is -2.39. The normalized spacial score (nSPS) is 20.7. The lowest BCUT2D eigenvalue weighted by atomic mass is 10.2. The average molecular weight is 327 g/mol. The topological polar surface area (TPSA) is 61.8 Å². The van der Waals surface area contributed by atoms with Crippen molar-refractivity contribution in [1.29, 1.82) is 0 Å². The highest BCUT2D eigenvalue weighted by Gasteiger charge is 2.40. The van der Waals surface area contributed by atoms with Crippen molar-refractivity contribution in [3.8, 4) is 0 Å². The second kappa shape index (κ2) is 6.24. The predicted molar refractivity (Wildman–Crippen MR) is 86.0 cm³/mol. The summed E-state index contributed by atoms with van der Waals surface area (Å²) in [5.74, 6) is 0.415. The summed E-state index contributed by atoms with van der Waals surface area (Å²) in [4.78, 5) is 6.09. The molecule has 0 amide bonds. The Kier molecular flexibility index (Phi) is 4.75. The molecule has 7 heteroatoms. The fourth-order valence-electron chi connectivity index (χ4n) is 2.47. The van der Waals surface area contributed by atoms with Crippen LogP contribution in [0.4, 0.5) is 4.39 Å². The van der Waals surface area contributed by atoms with E-state index in [-0.39, 0.29) is 11.6 Å². The van der Waals surface area contributed by atoms with Crippen LogP contribution in [0.5, 0.6) is 0 Å². The van der Waals surface area contributed by atoms with Gasteiger partial charge in [-0.1, -0.05) is 18.2 Å². The van der Waals surface area contributed by atoms with Crippen molar-refractivity contribution in [2.45, 2.75) is 25.1 Å². The number of hydrogen-bond donors (Lipinski definition) is 1. The summed E-state index contributed by atoms with van der Waals surface area (Å²) >= 11 is 0. The van der Waals surface area contributed by atoms with E-state index in [1.165, 1.54) is 6.07 Å². The highest BCUT2D eigenvalue weighted by molar-refractivity contribution is 7.92. The largest absolute Gasteiger partial charge is 0.352 e. The van der Waals surface area contributed by atoms with Crippen LogP contribution >= 0.6 is 0 Å². The number of nitrogens with zero attached hydrogens (tertiary/aromatic N) is 2. The van der Waals surface area contributed by atoms with Gasteiger partial charge >= 0.3 is 0 Å². The van der Waals surface area contributed by atoms with Crippen molar-refractivity contribution < 1.29 is 12.8 Å². The van der Waals surface area contributed by atoms with Gasteiger partial charge in [0.05, 0.1) is 10.5 Å². The van der Waals surface area contributed by atoms with Crippen LogP contribution in [-0.2, 0) is 16.4 Å². The molecule has 0 bridgehead atoms. The van der Waals surface area contributed by atoms with Crippen LogP contribution in [0.25, 0.3) is 0 Å². The molecule has 1 fully saturated rings. The first-order valence-electron chi connectivity index (χ1n) is 7.18. The molecule has 0 radical (unpaired) electrons. The van der Waals surface area contributed by atoms with E-state index in [9.17, 15) is 12.8 Å². The average Bonchev–Trinajstić information content (AvgIpc) is 2.45. The third-order valence-electron chi connectivity index (χ3n) is 3.95. The predicted octanol–water partition coefficient (Wildman–Crippen LogP) is 1.41. The van der Waals surface area contributed by atoms with Crippen LogP contribution in [0.2, 0.25) is 0 Å². The lowest BCUT2D eigenvalue weighted by Crippen LogP contribution is -2.57. The second-order valence-electron chi connectivity index (χ2n) is 5.99. The van der Waals surface area contributed by atoms with Gasteiger partial charge in [0.25, 0.3) is 0 Å². The van der Waals surface area contributed by atoms with E-state index >= 15 is 0 Å². The van der Waals surface area contributed by atoms with Gasteiger partial charge in [-0.25, -0.2) is 12.8 Å². The first-order chi connectivity index (χ1) is 10.3. The molecule has 0 atom stereocenters. The summed E-state index contributed by atoms with van der Waals surface area (Å²) in [5, 5.41) is 3.10. The van der Waals surface area contributed by atoms with E-state index in [4.69, 9.17) is 0 Å². The van der Waals surface area contributed by atoms with Crippen LogP contribution in [0.15, 0.2) is 29.3 Å². The fourth-order valence-corrected chi connectivity index (χ4v) is 3.84. The minimum absolute atomic E-state index is 0.0976. The molecular formula is C15H22FN3O2S. The van der Waals surface area contributed by atoms with E-state index in [0.717, 1.165) is 0 Å². The van der Waals surface area contributed by atoms with Gasteiger partial charge in [-0.15, -0.1) is 0 Å². The van der Waals surface area contributed by atoms with Crippen LogP contribution in [0.3, 0.4) is 0 Å². The van der Waals surface area contributed by atoms with Crippen molar-refractivity contribution in [2.75, 3.05) is 25.9 Å². The van der Waals surface area contributed by atoms with Crippen LogP contribution in [-0.4, -0.2) is 49.9 Å². The smallest absolute Gasteiger partial charge is 0.193 e. The summed E-state index contributed by atoms with van der Waals surface area (Å²) in [6.07, 6.45) is 0. The molecule has 1 saturated heterocycles. The number of guanidine groups is 1. The maximum Gasteiger partial charge on any atom is 0.193 e. The SMILES string of the molecule is CN=C(NCc1ccccc1F)N1CCS(=O)(=O)C(C)(C)C1. The molecule has 0 unspecified atom stereocenters. The molecule has 1 aliphatic heterocycles. The Hall–Kier alpha value is -1.63. The van der Waals surface area contributed by atoms with Crippen molar-refractivity contribution in [3.05, 3.63) is 35.6 Å². The van der Waals surface area contributed by atoms with Crippen LogP contribution < -0.4 is 5.32 Å². The van der Waals surface area contributed by atoms with E-state index in [1.54, 1.807) is 39.1 Å². The van der Waals surface area contributed by atoms with Gasteiger partial charge in [0.2, 0.25) is 0 Å². The molecule has 0 spiro atoms. The van der Waals surface area contributed by atoms with E-state index in [1.807, 2.05) is 4.90 Å². The Morgan fingerprint density at radius 3 is 2.68 bits per heavy atom. The van der Waals surface area contributed by atoms with Gasteiger partial charge in [0.15, 0.2) is 15.8 Å². The number of rotatable bonds is 2. The first kappa shape index (κ1) is 16.7. The van der Waals surface area contributed by atoms with Crippen molar-refractivity contribution >= 4 is 15.8 Å². The maximum atomic E-state index is 13.6. The minimum Gasteiger partial charge on any atom is -0.352 e. The number of nitrogens with one attached hydrogen (secondary N) is 1. The van der Waals surface area contributed by atoms with Gasteiger partial charge < -0.3 is 10.2 Å². The van der Waals surface area contributed by atoms with Gasteiger partial charge in [-0.2, -0.15) is 0 Å². The third-order valence-corrected chi connectivity index (χ3v) is 6.48. The zero-order valence-corrected chi connectivity index (χ0v) is 14.0. The number of hydrogen-bond acceptors (Lipinski definition) is 3. The number of benzene rings is 1. The Bertz CT molecular complexity index is 671. The standard InChI is InChI=1S/C15H22FN3O2S/c1-15(2)11-19(8-9-22(15,20)21)14(17-3)18-10-12-6-4-5-7-13(12)16/h4-7H,8-11H2,1-3H3,(H,17,18). The van der Waals surface area contributed by atoms with Gasteiger partial charge in [0.1, 0.15) is 5.82 Å². The van der Waals surface area contributed by atoms with Crippen molar-refractivity contribution in [3.63, 3.8) is 0 Å². The van der Waals surface area contributed by atoms with Crippen molar-refractivity contribution in [1.82, 2.24) is 10.2 Å². The van der Waals surface area contributed by atoms with E-state index < -0.39 is 14.6 Å². The molecule has 1 aromatic carbocycles. The highest BCUT2D eigenvalue weighted by atomic mass is 32.2. The minimum atomic E-state index is -3.09. The molecule has 1 aromatic rings. The van der Waals surface area contributed by atoms with Crippen LogP contribution in [0, 0.1) is 5.82 Å².